The molecule has 106 valence electrons. The fraction of sp³-hybridized carbons (Fsp3) is 0.400. The van der Waals surface area contributed by atoms with Crippen LogP contribution in [0.25, 0.3) is 0 Å². The Labute approximate surface area is 119 Å². The number of aromatic nitrogens is 3. The number of rotatable bonds is 6. The molecular weight excluding hydrogens is 250 g/mol. The Hall–Kier alpha value is -2.17. The number of anilines is 2. The maximum Gasteiger partial charge on any atom is 0.132 e. The molecular formula is C15H21N5. The molecule has 1 atom stereocenters. The predicted molar refractivity (Wildman–Crippen MR) is 81.8 cm³/mol. The third-order valence-corrected chi connectivity index (χ3v) is 2.89. The van der Waals surface area contributed by atoms with Crippen molar-refractivity contribution in [1.82, 2.24) is 15.0 Å². The molecule has 5 heteroatoms. The second-order valence-corrected chi connectivity index (χ2v) is 4.73. The van der Waals surface area contributed by atoms with Gasteiger partial charge >= 0.3 is 0 Å². The lowest BCUT2D eigenvalue weighted by Crippen LogP contribution is -2.11. The molecule has 20 heavy (non-hydrogen) atoms. The summed E-state index contributed by atoms with van der Waals surface area (Å²) >= 11 is 0. The van der Waals surface area contributed by atoms with Gasteiger partial charge in [-0.05, 0) is 32.4 Å². The van der Waals surface area contributed by atoms with E-state index in [0.29, 0.717) is 0 Å². The van der Waals surface area contributed by atoms with E-state index in [0.717, 1.165) is 36.1 Å². The van der Waals surface area contributed by atoms with Crippen LogP contribution < -0.4 is 10.6 Å². The topological polar surface area (TPSA) is 62.7 Å². The van der Waals surface area contributed by atoms with Crippen molar-refractivity contribution >= 4 is 11.6 Å². The minimum absolute atomic E-state index is 0.101. The van der Waals surface area contributed by atoms with Crippen molar-refractivity contribution in [1.29, 1.82) is 0 Å². The lowest BCUT2D eigenvalue weighted by molar-refractivity contribution is 0.827. The highest BCUT2D eigenvalue weighted by Crippen LogP contribution is 2.18. The maximum absolute atomic E-state index is 4.42. The number of pyridine rings is 1. The Morgan fingerprint density at radius 1 is 1.20 bits per heavy atom. The molecule has 2 N–H and O–H groups in total. The molecule has 5 nitrogen and oxygen atoms in total. The van der Waals surface area contributed by atoms with Gasteiger partial charge < -0.3 is 10.6 Å². The fourth-order valence-corrected chi connectivity index (χ4v) is 1.91. The van der Waals surface area contributed by atoms with Gasteiger partial charge in [-0.2, -0.15) is 0 Å². The van der Waals surface area contributed by atoms with Gasteiger partial charge in [-0.15, -0.1) is 0 Å². The molecule has 2 rings (SSSR count). The summed E-state index contributed by atoms with van der Waals surface area (Å²) in [6, 6.07) is 7.94. The number of hydrogen-bond donors (Lipinski definition) is 2. The lowest BCUT2D eigenvalue weighted by atomic mass is 10.2. The fourth-order valence-electron chi connectivity index (χ4n) is 1.91. The molecule has 0 aliphatic heterocycles. The van der Waals surface area contributed by atoms with Crippen LogP contribution in [0.1, 0.15) is 37.8 Å². The van der Waals surface area contributed by atoms with E-state index < -0.39 is 0 Å². The van der Waals surface area contributed by atoms with E-state index >= 15 is 0 Å². The monoisotopic (exact) mass is 271 g/mol. The Kier molecular flexibility index (Phi) is 4.87. The first kappa shape index (κ1) is 14.2. The van der Waals surface area contributed by atoms with Crippen molar-refractivity contribution in [2.75, 3.05) is 17.2 Å². The molecule has 0 spiro atoms. The minimum atomic E-state index is 0.101. The van der Waals surface area contributed by atoms with E-state index in [1.807, 2.05) is 31.2 Å². The van der Waals surface area contributed by atoms with Crippen LogP contribution in [0.4, 0.5) is 11.6 Å². The smallest absolute Gasteiger partial charge is 0.132 e. The van der Waals surface area contributed by atoms with Gasteiger partial charge in [0.15, 0.2) is 0 Å². The van der Waals surface area contributed by atoms with Crippen LogP contribution in [-0.2, 0) is 0 Å². The lowest BCUT2D eigenvalue weighted by Gasteiger charge is -2.15. The first-order valence-electron chi connectivity index (χ1n) is 6.96. The summed E-state index contributed by atoms with van der Waals surface area (Å²) < 4.78 is 0. The van der Waals surface area contributed by atoms with E-state index in [-0.39, 0.29) is 6.04 Å². The van der Waals surface area contributed by atoms with Crippen LogP contribution in [0.5, 0.6) is 0 Å². The summed E-state index contributed by atoms with van der Waals surface area (Å²) in [5.41, 5.74) is 0.992. The van der Waals surface area contributed by atoms with Crippen molar-refractivity contribution in [3.63, 3.8) is 0 Å². The van der Waals surface area contributed by atoms with Crippen molar-refractivity contribution in [3.05, 3.63) is 42.0 Å². The highest BCUT2D eigenvalue weighted by Gasteiger charge is 2.08. The number of hydrogen-bond acceptors (Lipinski definition) is 5. The zero-order valence-electron chi connectivity index (χ0n) is 12.2. The van der Waals surface area contributed by atoms with E-state index in [2.05, 4.69) is 39.4 Å². The third-order valence-electron chi connectivity index (χ3n) is 2.89. The summed E-state index contributed by atoms with van der Waals surface area (Å²) in [6.07, 6.45) is 2.86. The molecule has 0 bridgehead atoms. The second kappa shape index (κ2) is 6.84. The molecule has 0 fully saturated rings. The average molecular weight is 271 g/mol. The number of aryl methyl sites for hydroxylation is 1. The quantitative estimate of drug-likeness (QED) is 0.845. The molecule has 1 unspecified atom stereocenters. The van der Waals surface area contributed by atoms with Gasteiger partial charge in [0.05, 0.1) is 11.7 Å². The summed E-state index contributed by atoms with van der Waals surface area (Å²) in [7, 11) is 0. The first-order valence-corrected chi connectivity index (χ1v) is 6.96. The maximum atomic E-state index is 4.42. The van der Waals surface area contributed by atoms with Gasteiger partial charge in [0, 0.05) is 18.8 Å². The van der Waals surface area contributed by atoms with E-state index in [9.17, 15) is 0 Å². The molecule has 2 aromatic rings. The zero-order valence-corrected chi connectivity index (χ0v) is 12.2. The summed E-state index contributed by atoms with van der Waals surface area (Å²) in [4.78, 5) is 13.1. The van der Waals surface area contributed by atoms with Gasteiger partial charge in [-0.3, -0.25) is 4.98 Å². The summed E-state index contributed by atoms with van der Waals surface area (Å²) in [6.45, 7) is 7.00. The van der Waals surface area contributed by atoms with Gasteiger partial charge in [0.25, 0.3) is 0 Å². The van der Waals surface area contributed by atoms with Crippen molar-refractivity contribution < 1.29 is 0 Å². The highest BCUT2D eigenvalue weighted by molar-refractivity contribution is 5.48. The Morgan fingerprint density at radius 3 is 2.70 bits per heavy atom. The Balaban J connectivity index is 2.10. The molecule has 0 amide bonds. The molecule has 0 saturated heterocycles. The largest absolute Gasteiger partial charge is 0.370 e. The predicted octanol–water partition coefficient (Wildman–Crippen LogP) is 3.18. The normalized spacial score (nSPS) is 11.9. The molecule has 0 saturated carbocycles. The van der Waals surface area contributed by atoms with E-state index in [1.165, 1.54) is 0 Å². The molecule has 0 aliphatic rings. The average Bonchev–Trinajstić information content (AvgIpc) is 2.45. The van der Waals surface area contributed by atoms with Gasteiger partial charge in [0.2, 0.25) is 0 Å². The van der Waals surface area contributed by atoms with Gasteiger partial charge in [-0.25, -0.2) is 9.97 Å². The third kappa shape index (κ3) is 3.91. The zero-order chi connectivity index (χ0) is 14.4. The summed E-state index contributed by atoms with van der Waals surface area (Å²) in [5.74, 6) is 2.42. The molecule has 0 radical (unpaired) electrons. The molecule has 0 aliphatic carbocycles. The van der Waals surface area contributed by atoms with Crippen molar-refractivity contribution in [2.24, 2.45) is 0 Å². The highest BCUT2D eigenvalue weighted by atomic mass is 15.1. The van der Waals surface area contributed by atoms with Crippen LogP contribution in [0.15, 0.2) is 30.5 Å². The summed E-state index contributed by atoms with van der Waals surface area (Å²) in [5, 5.41) is 6.64. The molecule has 2 aromatic heterocycles. The van der Waals surface area contributed by atoms with E-state index in [1.54, 1.807) is 6.20 Å². The first-order chi connectivity index (χ1) is 9.69. The SMILES string of the molecule is CCCNc1cc(NC(C)c2ccccn2)nc(C)n1. The second-order valence-electron chi connectivity index (χ2n) is 4.73. The number of nitrogens with one attached hydrogen (secondary N) is 2. The van der Waals surface area contributed by atoms with Crippen LogP contribution in [0.3, 0.4) is 0 Å². The van der Waals surface area contributed by atoms with Crippen molar-refractivity contribution in [2.45, 2.75) is 33.2 Å². The van der Waals surface area contributed by atoms with Crippen LogP contribution in [0, 0.1) is 6.92 Å². The van der Waals surface area contributed by atoms with Crippen LogP contribution in [-0.4, -0.2) is 21.5 Å². The minimum Gasteiger partial charge on any atom is -0.370 e. The van der Waals surface area contributed by atoms with Crippen LogP contribution in [0.2, 0.25) is 0 Å². The van der Waals surface area contributed by atoms with E-state index in [4.69, 9.17) is 0 Å². The molecule has 0 aromatic carbocycles. The van der Waals surface area contributed by atoms with Crippen LogP contribution >= 0.6 is 0 Å². The van der Waals surface area contributed by atoms with Gasteiger partial charge in [-0.1, -0.05) is 13.0 Å². The Morgan fingerprint density at radius 2 is 2.00 bits per heavy atom. The molecule has 2 heterocycles. The van der Waals surface area contributed by atoms with Crippen molar-refractivity contribution in [3.8, 4) is 0 Å². The standard InChI is InChI=1S/C15H21N5/c1-4-8-17-14-10-15(20-12(3)19-14)18-11(2)13-7-5-6-9-16-13/h5-7,9-11H,4,8H2,1-3H3,(H2,17,18,19,20). The van der Waals surface area contributed by atoms with Gasteiger partial charge in [0.1, 0.15) is 17.5 Å². The number of nitrogens with zero attached hydrogens (tertiary/aromatic N) is 3. The Bertz CT molecular complexity index is 541.